The average Bonchev–Trinajstić information content (AvgIpc) is 2.81. The average molecular weight is 488 g/mol. The van der Waals surface area contributed by atoms with Gasteiger partial charge in [0.15, 0.2) is 0 Å². The van der Waals surface area contributed by atoms with E-state index in [0.29, 0.717) is 18.7 Å². The molecule has 1 saturated heterocycles. The van der Waals surface area contributed by atoms with Gasteiger partial charge in [-0.05, 0) is 63.6 Å². The van der Waals surface area contributed by atoms with Crippen molar-refractivity contribution in [2.24, 2.45) is 0 Å². The first-order valence-electron chi connectivity index (χ1n) is 11.4. The van der Waals surface area contributed by atoms with E-state index in [-0.39, 0.29) is 47.1 Å². The Bertz CT molecular complexity index is 1120. The minimum absolute atomic E-state index is 0.00134. The van der Waals surface area contributed by atoms with Crippen LogP contribution in [0.4, 0.5) is 0 Å². The molecule has 0 radical (unpaired) electrons. The largest absolute Gasteiger partial charge is 0.372 e. The number of benzene rings is 2. The van der Waals surface area contributed by atoms with Gasteiger partial charge < -0.3 is 15.0 Å². The highest BCUT2D eigenvalue weighted by Gasteiger charge is 2.27. The Balaban J connectivity index is 1.63. The van der Waals surface area contributed by atoms with Gasteiger partial charge in [0, 0.05) is 43.9 Å². The van der Waals surface area contributed by atoms with E-state index in [0.717, 1.165) is 5.56 Å². The van der Waals surface area contributed by atoms with E-state index < -0.39 is 10.0 Å². The van der Waals surface area contributed by atoms with E-state index >= 15 is 0 Å². The molecule has 0 aliphatic carbocycles. The first-order valence-corrected chi connectivity index (χ1v) is 12.8. The Morgan fingerprint density at radius 2 is 1.68 bits per heavy atom. The number of ether oxygens (including phenoxy) is 1. The van der Waals surface area contributed by atoms with Crippen molar-refractivity contribution in [1.82, 2.24) is 14.5 Å². The molecule has 9 heteroatoms. The molecule has 2 atom stereocenters. The smallest absolute Gasteiger partial charge is 0.254 e. The number of nitrogens with zero attached hydrogens (tertiary/aromatic N) is 2. The number of sulfonamides is 1. The fraction of sp³-hybridized carbons (Fsp3) is 0.440. The lowest BCUT2D eigenvalue weighted by Crippen LogP contribution is -2.48. The second-order valence-corrected chi connectivity index (χ2v) is 11.0. The first kappa shape index (κ1) is 25.9. The van der Waals surface area contributed by atoms with E-state index in [9.17, 15) is 18.0 Å². The predicted molar refractivity (Wildman–Crippen MR) is 130 cm³/mol. The molecule has 1 fully saturated rings. The van der Waals surface area contributed by atoms with Crippen LogP contribution in [0.5, 0.6) is 0 Å². The van der Waals surface area contributed by atoms with Crippen molar-refractivity contribution < 1.29 is 22.7 Å². The third kappa shape index (κ3) is 6.02. The molecule has 34 heavy (non-hydrogen) atoms. The number of carbonyl (C=O) groups excluding carboxylic acids is 2. The van der Waals surface area contributed by atoms with Crippen LogP contribution in [0.15, 0.2) is 53.4 Å². The normalized spacial score (nSPS) is 18.9. The predicted octanol–water partition coefficient (Wildman–Crippen LogP) is 2.89. The maximum Gasteiger partial charge on any atom is 0.254 e. The zero-order chi connectivity index (χ0) is 25.0. The number of morpholine rings is 1. The van der Waals surface area contributed by atoms with E-state index in [1.807, 2.05) is 13.8 Å². The molecule has 1 heterocycles. The molecule has 2 aromatic carbocycles. The maximum atomic E-state index is 12.8. The summed E-state index contributed by atoms with van der Waals surface area (Å²) < 4.78 is 32.4. The van der Waals surface area contributed by atoms with Crippen molar-refractivity contribution >= 4 is 21.8 Å². The molecule has 8 nitrogen and oxygen atoms in total. The summed E-state index contributed by atoms with van der Waals surface area (Å²) in [5.41, 5.74) is 1.68. The quantitative estimate of drug-likeness (QED) is 0.648. The third-order valence-corrected chi connectivity index (χ3v) is 7.89. The lowest BCUT2D eigenvalue weighted by Gasteiger charge is -2.35. The standard InChI is InChI=1S/C25H33N3O5S/c1-17(2)27(5)34(31,32)23-8-6-7-22(13-23)24(29)26-14-20-9-11-21(12-10-20)25(30)28-15-18(3)33-19(4)16-28/h6-13,17-19H,14-16H2,1-5H3,(H,26,29). The third-order valence-electron chi connectivity index (χ3n) is 5.86. The van der Waals surface area contributed by atoms with Gasteiger partial charge in [-0.2, -0.15) is 4.31 Å². The molecule has 3 rings (SSSR count). The maximum absolute atomic E-state index is 12.8. The minimum Gasteiger partial charge on any atom is -0.372 e. The monoisotopic (exact) mass is 487 g/mol. The van der Waals surface area contributed by atoms with Crippen molar-refractivity contribution in [3.05, 3.63) is 65.2 Å². The Morgan fingerprint density at radius 1 is 1.06 bits per heavy atom. The summed E-state index contributed by atoms with van der Waals surface area (Å²) in [7, 11) is -2.17. The summed E-state index contributed by atoms with van der Waals surface area (Å²) in [5.74, 6) is -0.414. The Labute approximate surface area is 201 Å². The minimum atomic E-state index is -3.68. The van der Waals surface area contributed by atoms with E-state index in [1.165, 1.54) is 23.5 Å². The Kier molecular flexibility index (Phi) is 8.12. The van der Waals surface area contributed by atoms with Gasteiger partial charge >= 0.3 is 0 Å². The fourth-order valence-corrected chi connectivity index (χ4v) is 5.23. The summed E-state index contributed by atoms with van der Waals surface area (Å²) in [4.78, 5) is 27.3. The van der Waals surface area contributed by atoms with Crippen molar-refractivity contribution in [2.45, 2.75) is 57.4 Å². The van der Waals surface area contributed by atoms with E-state index in [1.54, 1.807) is 55.1 Å². The molecule has 1 aliphatic heterocycles. The van der Waals surface area contributed by atoms with Crippen molar-refractivity contribution in [2.75, 3.05) is 20.1 Å². The number of rotatable bonds is 7. The zero-order valence-corrected chi connectivity index (χ0v) is 21.1. The van der Waals surface area contributed by atoms with Gasteiger partial charge in [-0.15, -0.1) is 0 Å². The summed E-state index contributed by atoms with van der Waals surface area (Å²) in [5, 5.41) is 2.81. The molecule has 0 saturated carbocycles. The van der Waals surface area contributed by atoms with Crippen LogP contribution in [0.3, 0.4) is 0 Å². The van der Waals surface area contributed by atoms with Crippen LogP contribution in [0.1, 0.15) is 54.0 Å². The van der Waals surface area contributed by atoms with Crippen molar-refractivity contribution in [3.8, 4) is 0 Å². The van der Waals surface area contributed by atoms with E-state index in [4.69, 9.17) is 4.74 Å². The molecule has 0 aromatic heterocycles. The molecular weight excluding hydrogens is 454 g/mol. The van der Waals surface area contributed by atoms with Gasteiger partial charge in [0.1, 0.15) is 0 Å². The van der Waals surface area contributed by atoms with Crippen LogP contribution >= 0.6 is 0 Å². The lowest BCUT2D eigenvalue weighted by molar-refractivity contribution is -0.0586. The second-order valence-electron chi connectivity index (χ2n) is 8.99. The molecule has 184 valence electrons. The molecule has 1 N–H and O–H groups in total. The number of hydrogen-bond acceptors (Lipinski definition) is 5. The van der Waals surface area contributed by atoms with Gasteiger partial charge in [-0.3, -0.25) is 9.59 Å². The van der Waals surface area contributed by atoms with E-state index in [2.05, 4.69) is 5.32 Å². The highest BCUT2D eigenvalue weighted by Crippen LogP contribution is 2.18. The van der Waals surface area contributed by atoms with Gasteiger partial charge in [0.2, 0.25) is 10.0 Å². The van der Waals surface area contributed by atoms with Crippen LogP contribution in [0.25, 0.3) is 0 Å². The molecule has 0 spiro atoms. The topological polar surface area (TPSA) is 96.0 Å². The van der Waals surface area contributed by atoms with Gasteiger partial charge in [-0.1, -0.05) is 18.2 Å². The molecule has 2 aromatic rings. The molecule has 2 amide bonds. The van der Waals surface area contributed by atoms with Gasteiger partial charge in [0.05, 0.1) is 17.1 Å². The Hall–Kier alpha value is -2.75. The van der Waals surface area contributed by atoms with Crippen molar-refractivity contribution in [1.29, 1.82) is 0 Å². The van der Waals surface area contributed by atoms with Crippen LogP contribution in [-0.4, -0.2) is 67.8 Å². The summed E-state index contributed by atoms with van der Waals surface area (Å²) in [6, 6.07) is 12.9. The first-order chi connectivity index (χ1) is 16.0. The Morgan fingerprint density at radius 3 is 2.26 bits per heavy atom. The summed E-state index contributed by atoms with van der Waals surface area (Å²) in [6.45, 7) is 8.85. The summed E-state index contributed by atoms with van der Waals surface area (Å²) >= 11 is 0. The number of hydrogen-bond donors (Lipinski definition) is 1. The highest BCUT2D eigenvalue weighted by molar-refractivity contribution is 7.89. The van der Waals surface area contributed by atoms with Crippen LogP contribution in [0.2, 0.25) is 0 Å². The summed E-state index contributed by atoms with van der Waals surface area (Å²) in [6.07, 6.45) is 0.00268. The molecular formula is C25H33N3O5S. The molecule has 0 bridgehead atoms. The van der Waals surface area contributed by atoms with Gasteiger partial charge in [-0.25, -0.2) is 8.42 Å². The number of carbonyl (C=O) groups is 2. The van der Waals surface area contributed by atoms with Crippen LogP contribution in [0, 0.1) is 0 Å². The highest BCUT2D eigenvalue weighted by atomic mass is 32.2. The fourth-order valence-electron chi connectivity index (χ4n) is 3.82. The number of nitrogens with one attached hydrogen (secondary N) is 1. The second kappa shape index (κ2) is 10.7. The zero-order valence-electron chi connectivity index (χ0n) is 20.3. The van der Waals surface area contributed by atoms with Gasteiger partial charge in [0.25, 0.3) is 11.8 Å². The van der Waals surface area contributed by atoms with Crippen LogP contribution in [-0.2, 0) is 21.3 Å². The number of amides is 2. The lowest BCUT2D eigenvalue weighted by atomic mass is 10.1. The van der Waals surface area contributed by atoms with Crippen LogP contribution < -0.4 is 5.32 Å². The molecule has 2 unspecified atom stereocenters. The van der Waals surface area contributed by atoms with Crippen molar-refractivity contribution in [3.63, 3.8) is 0 Å². The SMILES string of the molecule is CC1CN(C(=O)c2ccc(CNC(=O)c3cccc(S(=O)(=O)N(C)C(C)C)c3)cc2)CC(C)O1. The molecule has 1 aliphatic rings.